The summed E-state index contributed by atoms with van der Waals surface area (Å²) in [6, 6.07) is 9.82. The molecule has 2 aliphatic rings. The zero-order chi connectivity index (χ0) is 20.0. The molecular formula is C20H29F3N4O. The maximum Gasteiger partial charge on any atom is 0.401 e. The molecule has 1 unspecified atom stereocenters. The summed E-state index contributed by atoms with van der Waals surface area (Å²) in [4.78, 5) is 8.22. The fourth-order valence-corrected chi connectivity index (χ4v) is 3.79. The molecule has 8 heteroatoms. The average molecular weight is 398 g/mol. The van der Waals surface area contributed by atoms with E-state index in [1.54, 1.807) is 0 Å². The van der Waals surface area contributed by atoms with E-state index in [1.165, 1.54) is 4.90 Å². The Bertz CT molecular complexity index is 630. The number of benzene rings is 1. The number of ether oxygens (including phenoxy) is 1. The summed E-state index contributed by atoms with van der Waals surface area (Å²) in [6.45, 7) is 4.27. The first-order valence-corrected chi connectivity index (χ1v) is 9.99. The maximum absolute atomic E-state index is 12.6. The van der Waals surface area contributed by atoms with Crippen molar-refractivity contribution in [3.63, 3.8) is 0 Å². The summed E-state index contributed by atoms with van der Waals surface area (Å²) < 4.78 is 43.8. The molecule has 2 aliphatic heterocycles. The van der Waals surface area contributed by atoms with Crippen LogP contribution in [0.5, 0.6) is 5.75 Å². The van der Waals surface area contributed by atoms with Crippen LogP contribution in [0.15, 0.2) is 35.3 Å². The molecule has 2 heterocycles. The number of guanidine groups is 1. The molecule has 0 radical (unpaired) electrons. The summed E-state index contributed by atoms with van der Waals surface area (Å²) in [7, 11) is 0. The standard InChI is InChI=1S/C20H29F3N4O/c1-2-24-19(25-16-8-11-26(14-16)15-20(21,22)23)27-12-9-18(10-13-27)28-17-6-4-3-5-7-17/h3-7,16,18H,2,8-15H2,1H3,(H,24,25). The Hall–Kier alpha value is -1.96. The summed E-state index contributed by atoms with van der Waals surface area (Å²) in [6.07, 6.45) is -1.48. The van der Waals surface area contributed by atoms with E-state index in [0.717, 1.165) is 37.6 Å². The van der Waals surface area contributed by atoms with Gasteiger partial charge in [0.05, 0.1) is 6.54 Å². The van der Waals surface area contributed by atoms with E-state index in [1.807, 2.05) is 37.3 Å². The van der Waals surface area contributed by atoms with Crippen LogP contribution in [0, 0.1) is 0 Å². The van der Waals surface area contributed by atoms with Crippen molar-refractivity contribution in [3.8, 4) is 5.75 Å². The number of rotatable bonds is 5. The van der Waals surface area contributed by atoms with Gasteiger partial charge < -0.3 is 15.0 Å². The van der Waals surface area contributed by atoms with Gasteiger partial charge in [-0.25, -0.2) is 0 Å². The van der Waals surface area contributed by atoms with Crippen molar-refractivity contribution in [2.75, 3.05) is 39.3 Å². The third-order valence-corrected chi connectivity index (χ3v) is 5.10. The number of likely N-dealkylation sites (tertiary alicyclic amines) is 2. The molecule has 1 N–H and O–H groups in total. The Balaban J connectivity index is 1.48. The van der Waals surface area contributed by atoms with E-state index < -0.39 is 12.7 Å². The van der Waals surface area contributed by atoms with Crippen molar-refractivity contribution in [2.45, 2.75) is 44.5 Å². The second-order valence-corrected chi connectivity index (χ2v) is 7.40. The average Bonchev–Trinajstić information content (AvgIpc) is 3.08. The number of aliphatic imine (C=N–C) groups is 1. The van der Waals surface area contributed by atoms with Crippen LogP contribution in [0.4, 0.5) is 13.2 Å². The number of alkyl halides is 3. The lowest BCUT2D eigenvalue weighted by atomic mass is 10.1. The van der Waals surface area contributed by atoms with Gasteiger partial charge in [-0.3, -0.25) is 9.89 Å². The van der Waals surface area contributed by atoms with Crippen molar-refractivity contribution >= 4 is 5.96 Å². The van der Waals surface area contributed by atoms with E-state index in [0.29, 0.717) is 26.1 Å². The number of nitrogens with one attached hydrogen (secondary N) is 1. The molecule has 5 nitrogen and oxygen atoms in total. The minimum absolute atomic E-state index is 0.00550. The largest absolute Gasteiger partial charge is 0.490 e. The molecule has 0 saturated carbocycles. The molecule has 28 heavy (non-hydrogen) atoms. The highest BCUT2D eigenvalue weighted by molar-refractivity contribution is 5.80. The van der Waals surface area contributed by atoms with Gasteiger partial charge in [0.2, 0.25) is 0 Å². The number of hydrogen-bond donors (Lipinski definition) is 1. The van der Waals surface area contributed by atoms with Gasteiger partial charge in [-0.05, 0) is 25.5 Å². The Labute approximate surface area is 164 Å². The third kappa shape index (κ3) is 6.29. The smallest absolute Gasteiger partial charge is 0.401 e. The first-order chi connectivity index (χ1) is 13.4. The molecule has 0 spiro atoms. The third-order valence-electron chi connectivity index (χ3n) is 5.10. The highest BCUT2D eigenvalue weighted by atomic mass is 19.4. The lowest BCUT2D eigenvalue weighted by Gasteiger charge is -2.35. The zero-order valence-corrected chi connectivity index (χ0v) is 16.3. The van der Waals surface area contributed by atoms with Gasteiger partial charge in [0, 0.05) is 51.6 Å². The molecule has 0 bridgehead atoms. The molecule has 0 aliphatic carbocycles. The maximum atomic E-state index is 12.6. The van der Waals surface area contributed by atoms with E-state index in [4.69, 9.17) is 4.74 Å². The molecule has 2 fully saturated rings. The van der Waals surface area contributed by atoms with Crippen molar-refractivity contribution in [1.29, 1.82) is 0 Å². The molecule has 156 valence electrons. The topological polar surface area (TPSA) is 40.1 Å². The van der Waals surface area contributed by atoms with Gasteiger partial charge >= 0.3 is 6.18 Å². The second-order valence-electron chi connectivity index (χ2n) is 7.40. The van der Waals surface area contributed by atoms with Crippen molar-refractivity contribution < 1.29 is 17.9 Å². The minimum Gasteiger partial charge on any atom is -0.490 e. The van der Waals surface area contributed by atoms with Crippen molar-refractivity contribution in [2.24, 2.45) is 4.99 Å². The highest BCUT2D eigenvalue weighted by Crippen LogP contribution is 2.21. The van der Waals surface area contributed by atoms with Crippen LogP contribution < -0.4 is 10.1 Å². The van der Waals surface area contributed by atoms with Crippen LogP contribution >= 0.6 is 0 Å². The van der Waals surface area contributed by atoms with Crippen molar-refractivity contribution in [1.82, 2.24) is 15.1 Å². The highest BCUT2D eigenvalue weighted by Gasteiger charge is 2.35. The first kappa shape index (κ1) is 20.8. The van der Waals surface area contributed by atoms with Crippen LogP contribution in [0.3, 0.4) is 0 Å². The first-order valence-electron chi connectivity index (χ1n) is 9.99. The monoisotopic (exact) mass is 398 g/mol. The van der Waals surface area contributed by atoms with E-state index in [-0.39, 0.29) is 12.1 Å². The van der Waals surface area contributed by atoms with Crippen molar-refractivity contribution in [3.05, 3.63) is 30.3 Å². The van der Waals surface area contributed by atoms with Crippen LogP contribution in [0.1, 0.15) is 26.2 Å². The lowest BCUT2D eigenvalue weighted by molar-refractivity contribution is -0.143. The van der Waals surface area contributed by atoms with Gasteiger partial charge in [-0.1, -0.05) is 18.2 Å². The van der Waals surface area contributed by atoms with Crippen LogP contribution in [-0.4, -0.2) is 73.4 Å². The van der Waals surface area contributed by atoms with Crippen LogP contribution in [0.25, 0.3) is 0 Å². The molecule has 1 aromatic carbocycles. The SMILES string of the molecule is CCN=C(NC1CCN(CC(F)(F)F)C1)N1CCC(Oc2ccccc2)CC1. The predicted molar refractivity (Wildman–Crippen MR) is 104 cm³/mol. The predicted octanol–water partition coefficient (Wildman–Crippen LogP) is 3.13. The Morgan fingerprint density at radius 1 is 1.14 bits per heavy atom. The molecule has 0 aromatic heterocycles. The Morgan fingerprint density at radius 3 is 2.50 bits per heavy atom. The van der Waals surface area contributed by atoms with Gasteiger partial charge in [-0.2, -0.15) is 13.2 Å². The number of halogens is 3. The van der Waals surface area contributed by atoms with E-state index in [9.17, 15) is 13.2 Å². The summed E-state index contributed by atoms with van der Waals surface area (Å²) in [5, 5.41) is 3.39. The summed E-state index contributed by atoms with van der Waals surface area (Å²) in [5.74, 6) is 1.69. The normalized spacial score (nSPS) is 22.5. The second kappa shape index (κ2) is 9.49. The number of para-hydroxylation sites is 1. The van der Waals surface area contributed by atoms with Crippen LogP contribution in [0.2, 0.25) is 0 Å². The number of hydrogen-bond acceptors (Lipinski definition) is 3. The van der Waals surface area contributed by atoms with Gasteiger partial charge in [0.15, 0.2) is 5.96 Å². The van der Waals surface area contributed by atoms with Gasteiger partial charge in [0.1, 0.15) is 11.9 Å². The Morgan fingerprint density at radius 2 is 1.86 bits per heavy atom. The lowest BCUT2D eigenvalue weighted by Crippen LogP contribution is -2.51. The fourth-order valence-electron chi connectivity index (χ4n) is 3.79. The minimum atomic E-state index is -4.14. The summed E-state index contributed by atoms with van der Waals surface area (Å²) >= 11 is 0. The van der Waals surface area contributed by atoms with E-state index >= 15 is 0 Å². The molecule has 1 aromatic rings. The molecule has 3 rings (SSSR count). The van der Waals surface area contributed by atoms with Crippen LogP contribution in [-0.2, 0) is 0 Å². The fraction of sp³-hybridized carbons (Fsp3) is 0.650. The van der Waals surface area contributed by atoms with E-state index in [2.05, 4.69) is 15.2 Å². The Kier molecular flexibility index (Phi) is 7.04. The number of nitrogens with zero attached hydrogens (tertiary/aromatic N) is 3. The molecule has 1 atom stereocenters. The van der Waals surface area contributed by atoms with Gasteiger partial charge in [-0.15, -0.1) is 0 Å². The number of piperidine rings is 1. The molecule has 2 saturated heterocycles. The molecule has 0 amide bonds. The van der Waals surface area contributed by atoms with Gasteiger partial charge in [0.25, 0.3) is 0 Å². The summed E-state index contributed by atoms with van der Waals surface area (Å²) in [5.41, 5.74) is 0. The quantitative estimate of drug-likeness (QED) is 0.611. The zero-order valence-electron chi connectivity index (χ0n) is 16.3. The molecular weight excluding hydrogens is 369 g/mol.